The van der Waals surface area contributed by atoms with Gasteiger partial charge in [0.1, 0.15) is 17.2 Å². The van der Waals surface area contributed by atoms with Crippen molar-refractivity contribution in [3.8, 4) is 23.0 Å². The highest BCUT2D eigenvalue weighted by atomic mass is 32.1. The van der Waals surface area contributed by atoms with Crippen molar-refractivity contribution in [2.24, 2.45) is 5.10 Å². The number of methoxy groups -OCH3 is 2. The van der Waals surface area contributed by atoms with Gasteiger partial charge >= 0.3 is 0 Å². The molecule has 8 heteroatoms. The van der Waals surface area contributed by atoms with Crippen LogP contribution in [-0.2, 0) is 0 Å². The molecule has 0 aliphatic carbocycles. The van der Waals surface area contributed by atoms with E-state index in [1.165, 1.54) is 4.68 Å². The van der Waals surface area contributed by atoms with Gasteiger partial charge in [-0.3, -0.25) is 4.98 Å². The first-order chi connectivity index (χ1) is 11.7. The van der Waals surface area contributed by atoms with Gasteiger partial charge in [0.05, 0.1) is 20.4 Å². The molecule has 0 spiro atoms. The molecule has 122 valence electrons. The Bertz CT molecular complexity index is 918. The second-order valence-electron chi connectivity index (χ2n) is 4.73. The summed E-state index contributed by atoms with van der Waals surface area (Å²) in [5.74, 6) is 1.91. The van der Waals surface area contributed by atoms with Gasteiger partial charge in [-0.05, 0) is 42.5 Å². The molecule has 0 aliphatic rings. The van der Waals surface area contributed by atoms with E-state index in [0.29, 0.717) is 27.8 Å². The van der Waals surface area contributed by atoms with Crippen LogP contribution in [0.25, 0.3) is 11.5 Å². The third-order valence-electron chi connectivity index (χ3n) is 3.29. The Kier molecular flexibility index (Phi) is 4.66. The Balaban J connectivity index is 2.02. The minimum Gasteiger partial charge on any atom is -0.497 e. The molecule has 1 aromatic carbocycles. The summed E-state index contributed by atoms with van der Waals surface area (Å²) in [6.07, 6.45) is 3.32. The van der Waals surface area contributed by atoms with Gasteiger partial charge in [-0.25, -0.2) is 5.10 Å². The predicted octanol–water partition coefficient (Wildman–Crippen LogP) is 2.90. The number of H-pyrrole nitrogens is 1. The smallest absolute Gasteiger partial charge is 0.216 e. The van der Waals surface area contributed by atoms with Gasteiger partial charge in [-0.1, -0.05) is 6.07 Å². The van der Waals surface area contributed by atoms with Gasteiger partial charge in [0.2, 0.25) is 10.6 Å². The zero-order valence-electron chi connectivity index (χ0n) is 13.1. The van der Waals surface area contributed by atoms with E-state index in [9.17, 15) is 0 Å². The molecular weight excluding hydrogens is 326 g/mol. The predicted molar refractivity (Wildman–Crippen MR) is 93.2 cm³/mol. The standard InChI is InChI=1S/C16H15N5O2S/c1-22-12-6-7-14(23-2)11(9-12)10-18-21-15(19-20-16(21)24)13-5-3-4-8-17-13/h3-10H,1-2H3,(H,20,24). The van der Waals surface area contributed by atoms with E-state index in [-0.39, 0.29) is 0 Å². The van der Waals surface area contributed by atoms with Gasteiger partial charge in [0, 0.05) is 11.8 Å². The molecule has 1 N–H and O–H groups in total. The Morgan fingerprint density at radius 1 is 1.21 bits per heavy atom. The maximum Gasteiger partial charge on any atom is 0.216 e. The lowest BCUT2D eigenvalue weighted by molar-refractivity contribution is 0.402. The van der Waals surface area contributed by atoms with Crippen LogP contribution in [0.4, 0.5) is 0 Å². The van der Waals surface area contributed by atoms with Crippen LogP contribution in [0.2, 0.25) is 0 Å². The molecule has 2 heterocycles. The molecule has 2 aromatic heterocycles. The minimum absolute atomic E-state index is 0.369. The monoisotopic (exact) mass is 341 g/mol. The fourth-order valence-corrected chi connectivity index (χ4v) is 2.30. The maximum absolute atomic E-state index is 5.34. The number of rotatable bonds is 5. The summed E-state index contributed by atoms with van der Waals surface area (Å²) in [5.41, 5.74) is 1.42. The first-order valence-electron chi connectivity index (χ1n) is 7.08. The Morgan fingerprint density at radius 3 is 2.79 bits per heavy atom. The summed E-state index contributed by atoms with van der Waals surface area (Å²) in [6.45, 7) is 0. The summed E-state index contributed by atoms with van der Waals surface area (Å²) in [7, 11) is 3.20. The summed E-state index contributed by atoms with van der Waals surface area (Å²) in [5, 5.41) is 11.3. The van der Waals surface area contributed by atoms with Crippen LogP contribution >= 0.6 is 12.2 Å². The van der Waals surface area contributed by atoms with Crippen molar-refractivity contribution in [1.82, 2.24) is 19.9 Å². The Labute approximate surface area is 143 Å². The van der Waals surface area contributed by atoms with E-state index in [4.69, 9.17) is 21.7 Å². The number of benzene rings is 1. The van der Waals surface area contributed by atoms with Gasteiger partial charge < -0.3 is 9.47 Å². The molecule has 0 amide bonds. The highest BCUT2D eigenvalue weighted by molar-refractivity contribution is 7.71. The van der Waals surface area contributed by atoms with Gasteiger partial charge in [0.25, 0.3) is 0 Å². The molecule has 0 aliphatic heterocycles. The first kappa shape index (κ1) is 15.9. The number of hydrogen-bond donors (Lipinski definition) is 1. The highest BCUT2D eigenvalue weighted by Crippen LogP contribution is 2.22. The van der Waals surface area contributed by atoms with Crippen molar-refractivity contribution in [3.63, 3.8) is 0 Å². The van der Waals surface area contributed by atoms with Crippen molar-refractivity contribution in [3.05, 3.63) is 52.9 Å². The van der Waals surface area contributed by atoms with E-state index in [2.05, 4.69) is 20.3 Å². The number of nitrogens with one attached hydrogen (secondary N) is 1. The lowest BCUT2D eigenvalue weighted by atomic mass is 10.2. The Morgan fingerprint density at radius 2 is 2.08 bits per heavy atom. The molecule has 3 rings (SSSR count). The molecule has 0 radical (unpaired) electrons. The lowest BCUT2D eigenvalue weighted by Gasteiger charge is -2.07. The van der Waals surface area contributed by atoms with Gasteiger partial charge in [-0.15, -0.1) is 0 Å². The largest absolute Gasteiger partial charge is 0.497 e. The van der Waals surface area contributed by atoms with Crippen LogP contribution in [0.1, 0.15) is 5.56 Å². The number of aromatic amines is 1. The first-order valence-corrected chi connectivity index (χ1v) is 7.49. The molecule has 24 heavy (non-hydrogen) atoms. The van der Waals surface area contributed by atoms with Crippen molar-refractivity contribution in [2.75, 3.05) is 14.2 Å². The van der Waals surface area contributed by atoms with Gasteiger partial charge in [-0.2, -0.15) is 14.9 Å². The van der Waals surface area contributed by atoms with E-state index in [1.807, 2.05) is 36.4 Å². The van der Waals surface area contributed by atoms with Crippen LogP contribution < -0.4 is 9.47 Å². The molecule has 0 bridgehead atoms. The van der Waals surface area contributed by atoms with Crippen molar-refractivity contribution in [2.45, 2.75) is 0 Å². The van der Waals surface area contributed by atoms with Crippen LogP contribution in [0, 0.1) is 4.77 Å². The summed E-state index contributed by atoms with van der Waals surface area (Å²) in [6, 6.07) is 11.0. The lowest BCUT2D eigenvalue weighted by Crippen LogP contribution is -1.98. The summed E-state index contributed by atoms with van der Waals surface area (Å²) >= 11 is 5.25. The minimum atomic E-state index is 0.369. The van der Waals surface area contributed by atoms with E-state index >= 15 is 0 Å². The average molecular weight is 341 g/mol. The molecule has 0 fully saturated rings. The molecule has 0 saturated carbocycles. The van der Waals surface area contributed by atoms with Crippen LogP contribution in [-0.4, -0.2) is 40.3 Å². The van der Waals surface area contributed by atoms with Crippen molar-refractivity contribution < 1.29 is 9.47 Å². The second kappa shape index (κ2) is 7.05. The molecular formula is C16H15N5O2S. The van der Waals surface area contributed by atoms with Gasteiger partial charge in [0.15, 0.2) is 0 Å². The van der Waals surface area contributed by atoms with Crippen LogP contribution in [0.15, 0.2) is 47.7 Å². The molecule has 0 atom stereocenters. The third-order valence-corrected chi connectivity index (χ3v) is 3.56. The molecule has 3 aromatic rings. The fraction of sp³-hybridized carbons (Fsp3) is 0.125. The number of ether oxygens (including phenoxy) is 2. The average Bonchev–Trinajstić information content (AvgIpc) is 3.01. The molecule has 0 unspecified atom stereocenters. The van der Waals surface area contributed by atoms with Crippen LogP contribution in [0.3, 0.4) is 0 Å². The number of pyridine rings is 1. The Hall–Kier alpha value is -3.00. The third kappa shape index (κ3) is 3.18. The summed E-state index contributed by atoms with van der Waals surface area (Å²) < 4.78 is 12.5. The number of aromatic nitrogens is 4. The summed E-state index contributed by atoms with van der Waals surface area (Å²) in [4.78, 5) is 4.27. The number of nitrogens with zero attached hydrogens (tertiary/aromatic N) is 4. The molecule has 0 saturated heterocycles. The fourth-order valence-electron chi connectivity index (χ4n) is 2.12. The molecule has 7 nitrogen and oxygen atoms in total. The SMILES string of the molecule is COc1ccc(OC)c(C=Nn2c(-c3ccccn3)n[nH]c2=S)c1. The topological polar surface area (TPSA) is 77.3 Å². The van der Waals surface area contributed by atoms with Crippen molar-refractivity contribution in [1.29, 1.82) is 0 Å². The van der Waals surface area contributed by atoms with E-state index < -0.39 is 0 Å². The number of hydrogen-bond acceptors (Lipinski definition) is 6. The highest BCUT2D eigenvalue weighted by Gasteiger charge is 2.09. The van der Waals surface area contributed by atoms with Crippen molar-refractivity contribution >= 4 is 18.4 Å². The maximum atomic E-state index is 5.34. The quantitative estimate of drug-likeness (QED) is 0.570. The second-order valence-corrected chi connectivity index (χ2v) is 5.12. The normalized spacial score (nSPS) is 10.9. The zero-order valence-corrected chi connectivity index (χ0v) is 13.9. The van der Waals surface area contributed by atoms with Crippen LogP contribution in [0.5, 0.6) is 11.5 Å². The van der Waals surface area contributed by atoms with E-state index in [1.54, 1.807) is 26.6 Å². The van der Waals surface area contributed by atoms with E-state index in [0.717, 1.165) is 5.56 Å². The zero-order chi connectivity index (χ0) is 16.9.